The first kappa shape index (κ1) is 13.6. The van der Waals surface area contributed by atoms with Gasteiger partial charge in [-0.1, -0.05) is 52.0 Å². The zero-order valence-electron chi connectivity index (χ0n) is 12.0. The number of morpholine rings is 1. The van der Waals surface area contributed by atoms with Gasteiger partial charge in [0.25, 0.3) is 0 Å². The summed E-state index contributed by atoms with van der Waals surface area (Å²) >= 11 is 0. The van der Waals surface area contributed by atoms with Crippen LogP contribution in [-0.2, 0) is 10.2 Å². The Morgan fingerprint density at radius 3 is 2.33 bits per heavy atom. The predicted octanol–water partition coefficient (Wildman–Crippen LogP) is 3.42. The lowest BCUT2D eigenvalue weighted by atomic mass is 9.86. The molecule has 2 rings (SSSR count). The molecular formula is C16H25NO. The molecule has 2 nitrogen and oxygen atoms in total. The van der Waals surface area contributed by atoms with Crippen molar-refractivity contribution in [1.82, 2.24) is 5.32 Å². The van der Waals surface area contributed by atoms with E-state index in [1.807, 2.05) is 0 Å². The molecule has 1 N–H and O–H groups in total. The summed E-state index contributed by atoms with van der Waals surface area (Å²) in [5.41, 5.74) is 2.88. The van der Waals surface area contributed by atoms with Crippen LogP contribution in [0.1, 0.15) is 51.3 Å². The van der Waals surface area contributed by atoms with Crippen LogP contribution < -0.4 is 5.32 Å². The highest BCUT2D eigenvalue weighted by atomic mass is 16.5. The van der Waals surface area contributed by atoms with Gasteiger partial charge in [0.05, 0.1) is 12.7 Å². The second-order valence-corrected chi connectivity index (χ2v) is 6.21. The minimum Gasteiger partial charge on any atom is -0.371 e. The van der Waals surface area contributed by atoms with E-state index in [1.165, 1.54) is 11.1 Å². The Balaban J connectivity index is 2.02. The van der Waals surface area contributed by atoms with Crippen molar-refractivity contribution < 1.29 is 4.74 Å². The Kier molecular flexibility index (Phi) is 4.08. The van der Waals surface area contributed by atoms with Gasteiger partial charge in [0, 0.05) is 12.6 Å². The fraction of sp³-hybridized carbons (Fsp3) is 0.625. The molecule has 0 aromatic heterocycles. The standard InChI is InChI=1S/C16H25NO/c1-5-14-11-18-15(10-17-14)12-6-8-13(9-7-12)16(2,3)4/h6-9,14-15,17H,5,10-11H2,1-4H3. The Labute approximate surface area is 111 Å². The molecule has 1 aliphatic heterocycles. The normalized spacial score (nSPS) is 25.1. The Morgan fingerprint density at radius 1 is 1.22 bits per heavy atom. The first-order chi connectivity index (χ1) is 8.50. The van der Waals surface area contributed by atoms with Crippen molar-refractivity contribution >= 4 is 0 Å². The molecule has 2 atom stereocenters. The molecule has 1 aromatic carbocycles. The van der Waals surface area contributed by atoms with Crippen molar-refractivity contribution in [1.29, 1.82) is 0 Å². The summed E-state index contributed by atoms with van der Waals surface area (Å²) in [4.78, 5) is 0. The molecule has 0 spiro atoms. The Hall–Kier alpha value is -0.860. The highest BCUT2D eigenvalue weighted by Gasteiger charge is 2.21. The number of rotatable bonds is 2. The molecule has 0 amide bonds. The number of nitrogens with one attached hydrogen (secondary N) is 1. The van der Waals surface area contributed by atoms with E-state index < -0.39 is 0 Å². The van der Waals surface area contributed by atoms with Crippen molar-refractivity contribution in [3.05, 3.63) is 35.4 Å². The molecule has 0 saturated carbocycles. The maximum atomic E-state index is 5.93. The molecule has 1 fully saturated rings. The van der Waals surface area contributed by atoms with Crippen molar-refractivity contribution in [2.24, 2.45) is 0 Å². The average Bonchev–Trinajstić information content (AvgIpc) is 2.38. The third kappa shape index (κ3) is 3.12. The summed E-state index contributed by atoms with van der Waals surface area (Å²) in [5, 5.41) is 3.54. The van der Waals surface area contributed by atoms with Gasteiger partial charge < -0.3 is 10.1 Å². The van der Waals surface area contributed by atoms with Crippen molar-refractivity contribution in [2.45, 2.75) is 51.7 Å². The van der Waals surface area contributed by atoms with Crippen LogP contribution in [0.25, 0.3) is 0 Å². The summed E-state index contributed by atoms with van der Waals surface area (Å²) < 4.78 is 5.93. The van der Waals surface area contributed by atoms with Gasteiger partial charge >= 0.3 is 0 Å². The first-order valence-electron chi connectivity index (χ1n) is 6.96. The fourth-order valence-electron chi connectivity index (χ4n) is 2.30. The third-order valence-corrected chi connectivity index (χ3v) is 3.73. The van der Waals surface area contributed by atoms with E-state index in [2.05, 4.69) is 57.3 Å². The second-order valence-electron chi connectivity index (χ2n) is 6.21. The lowest BCUT2D eigenvalue weighted by molar-refractivity contribution is 0.00222. The van der Waals surface area contributed by atoms with Crippen molar-refractivity contribution in [3.63, 3.8) is 0 Å². The molecule has 2 heteroatoms. The molecule has 1 aromatic rings. The van der Waals surface area contributed by atoms with E-state index in [4.69, 9.17) is 4.74 Å². The third-order valence-electron chi connectivity index (χ3n) is 3.73. The lowest BCUT2D eigenvalue weighted by Crippen LogP contribution is -2.42. The van der Waals surface area contributed by atoms with Gasteiger partial charge in [0.15, 0.2) is 0 Å². The number of hydrogen-bond donors (Lipinski definition) is 1. The maximum Gasteiger partial charge on any atom is 0.0950 e. The van der Waals surface area contributed by atoms with Crippen molar-refractivity contribution in [3.8, 4) is 0 Å². The van der Waals surface area contributed by atoms with E-state index >= 15 is 0 Å². The monoisotopic (exact) mass is 247 g/mol. The molecule has 18 heavy (non-hydrogen) atoms. The van der Waals surface area contributed by atoms with Gasteiger partial charge in [0.1, 0.15) is 0 Å². The maximum absolute atomic E-state index is 5.93. The van der Waals surface area contributed by atoms with Gasteiger partial charge in [-0.25, -0.2) is 0 Å². The van der Waals surface area contributed by atoms with E-state index in [0.717, 1.165) is 19.6 Å². The van der Waals surface area contributed by atoms with Gasteiger partial charge in [-0.05, 0) is 23.0 Å². The van der Waals surface area contributed by atoms with Gasteiger partial charge in [-0.2, -0.15) is 0 Å². The van der Waals surface area contributed by atoms with Crippen LogP contribution in [0, 0.1) is 0 Å². The van der Waals surface area contributed by atoms with Gasteiger partial charge in [-0.3, -0.25) is 0 Å². The Bertz CT molecular complexity index is 369. The number of benzene rings is 1. The number of ether oxygens (including phenoxy) is 1. The van der Waals surface area contributed by atoms with Crippen LogP contribution >= 0.6 is 0 Å². The SMILES string of the molecule is CCC1COC(c2ccc(C(C)(C)C)cc2)CN1. The summed E-state index contributed by atoms with van der Waals surface area (Å²) in [5.74, 6) is 0. The molecule has 0 bridgehead atoms. The van der Waals surface area contributed by atoms with Crippen LogP contribution in [0.5, 0.6) is 0 Å². The smallest absolute Gasteiger partial charge is 0.0950 e. The summed E-state index contributed by atoms with van der Waals surface area (Å²) in [6.45, 7) is 10.7. The summed E-state index contributed by atoms with van der Waals surface area (Å²) in [6, 6.07) is 9.39. The fourth-order valence-corrected chi connectivity index (χ4v) is 2.30. The van der Waals surface area contributed by atoms with Gasteiger partial charge in [0.2, 0.25) is 0 Å². The molecule has 1 aliphatic rings. The zero-order chi connectivity index (χ0) is 13.2. The van der Waals surface area contributed by atoms with Crippen LogP contribution in [-0.4, -0.2) is 19.2 Å². The van der Waals surface area contributed by atoms with Gasteiger partial charge in [-0.15, -0.1) is 0 Å². The molecule has 0 radical (unpaired) electrons. The first-order valence-corrected chi connectivity index (χ1v) is 6.96. The highest BCUT2D eigenvalue weighted by molar-refractivity contribution is 5.29. The van der Waals surface area contributed by atoms with E-state index in [-0.39, 0.29) is 11.5 Å². The van der Waals surface area contributed by atoms with Crippen molar-refractivity contribution in [2.75, 3.05) is 13.2 Å². The summed E-state index contributed by atoms with van der Waals surface area (Å²) in [6.07, 6.45) is 1.34. The molecule has 100 valence electrons. The van der Waals surface area contributed by atoms with E-state index in [9.17, 15) is 0 Å². The lowest BCUT2D eigenvalue weighted by Gasteiger charge is -2.30. The topological polar surface area (TPSA) is 21.3 Å². The molecule has 2 unspecified atom stereocenters. The van der Waals surface area contributed by atoms with E-state index in [1.54, 1.807) is 0 Å². The molecule has 1 saturated heterocycles. The van der Waals surface area contributed by atoms with Crippen LogP contribution in [0.2, 0.25) is 0 Å². The highest BCUT2D eigenvalue weighted by Crippen LogP contribution is 2.26. The zero-order valence-corrected chi connectivity index (χ0v) is 12.0. The minimum absolute atomic E-state index is 0.210. The van der Waals surface area contributed by atoms with Crippen LogP contribution in [0.15, 0.2) is 24.3 Å². The second kappa shape index (κ2) is 5.41. The number of hydrogen-bond acceptors (Lipinski definition) is 2. The average molecular weight is 247 g/mol. The summed E-state index contributed by atoms with van der Waals surface area (Å²) in [7, 11) is 0. The largest absolute Gasteiger partial charge is 0.371 e. The predicted molar refractivity (Wildman–Crippen MR) is 75.9 cm³/mol. The quantitative estimate of drug-likeness (QED) is 0.864. The Morgan fingerprint density at radius 2 is 1.89 bits per heavy atom. The minimum atomic E-state index is 0.210. The van der Waals surface area contributed by atoms with E-state index in [0.29, 0.717) is 6.04 Å². The van der Waals surface area contributed by atoms with Crippen LogP contribution in [0.4, 0.5) is 0 Å². The van der Waals surface area contributed by atoms with Crippen LogP contribution in [0.3, 0.4) is 0 Å². The molecule has 1 heterocycles. The molecule has 0 aliphatic carbocycles. The molecular weight excluding hydrogens is 222 g/mol.